The fraction of sp³-hybridized carbons (Fsp3) is 0.579. The Morgan fingerprint density at radius 2 is 1.86 bits per heavy atom. The number of aliphatic carboxylic acids is 1. The molecule has 1 spiro atoms. The Balaban J connectivity index is 0.000000345. The monoisotopic (exact) mass is 402 g/mol. The maximum atomic E-state index is 11.7. The SMILES string of the molecule is COc1ccc(CN2CCCC3(CCCC(=O)N3)C2)cc1.O=C(O)C(F)(F)F. The van der Waals surface area contributed by atoms with Crippen LogP contribution in [0.3, 0.4) is 0 Å². The lowest BCUT2D eigenvalue weighted by Gasteiger charge is -2.45. The highest BCUT2D eigenvalue weighted by atomic mass is 19.4. The molecule has 6 nitrogen and oxygen atoms in total. The van der Waals surface area contributed by atoms with Gasteiger partial charge in [0.1, 0.15) is 5.75 Å². The lowest BCUT2D eigenvalue weighted by Crippen LogP contribution is -2.60. The number of carbonyl (C=O) groups is 2. The summed E-state index contributed by atoms with van der Waals surface area (Å²) >= 11 is 0. The zero-order valence-corrected chi connectivity index (χ0v) is 15.7. The van der Waals surface area contributed by atoms with Crippen molar-refractivity contribution >= 4 is 11.9 Å². The van der Waals surface area contributed by atoms with E-state index in [4.69, 9.17) is 14.6 Å². The molecule has 28 heavy (non-hydrogen) atoms. The average Bonchev–Trinajstić information content (AvgIpc) is 2.62. The molecule has 2 N–H and O–H groups in total. The van der Waals surface area contributed by atoms with Crippen LogP contribution < -0.4 is 10.1 Å². The van der Waals surface area contributed by atoms with Crippen molar-refractivity contribution in [2.24, 2.45) is 0 Å². The van der Waals surface area contributed by atoms with Crippen LogP contribution in [0.1, 0.15) is 37.7 Å². The number of ether oxygens (including phenoxy) is 1. The second-order valence-corrected chi connectivity index (χ2v) is 7.15. The Kier molecular flexibility index (Phi) is 7.29. The number of hydrogen-bond donors (Lipinski definition) is 2. The molecular formula is C19H25F3N2O4. The number of alkyl halides is 3. The van der Waals surface area contributed by atoms with Gasteiger partial charge in [-0.2, -0.15) is 13.2 Å². The van der Waals surface area contributed by atoms with Crippen LogP contribution in [0.15, 0.2) is 24.3 Å². The van der Waals surface area contributed by atoms with Gasteiger partial charge in [-0.3, -0.25) is 9.69 Å². The molecule has 3 rings (SSSR count). The summed E-state index contributed by atoms with van der Waals surface area (Å²) in [6.07, 6.45) is 0.0502. The molecule has 0 radical (unpaired) electrons. The van der Waals surface area contributed by atoms with Gasteiger partial charge in [-0.1, -0.05) is 12.1 Å². The lowest BCUT2D eigenvalue weighted by atomic mass is 9.81. The van der Waals surface area contributed by atoms with Crippen LogP contribution in [-0.2, 0) is 16.1 Å². The first-order valence-corrected chi connectivity index (χ1v) is 9.10. The van der Waals surface area contributed by atoms with E-state index >= 15 is 0 Å². The summed E-state index contributed by atoms with van der Waals surface area (Å²) in [6.45, 7) is 3.04. The number of nitrogens with zero attached hydrogens (tertiary/aromatic N) is 1. The number of carboxylic acids is 1. The lowest BCUT2D eigenvalue weighted by molar-refractivity contribution is -0.192. The van der Waals surface area contributed by atoms with Crippen molar-refractivity contribution in [2.75, 3.05) is 20.2 Å². The maximum Gasteiger partial charge on any atom is 0.490 e. The summed E-state index contributed by atoms with van der Waals surface area (Å²) in [5, 5.41) is 10.4. The van der Waals surface area contributed by atoms with Crippen LogP contribution in [0, 0.1) is 0 Å². The van der Waals surface area contributed by atoms with Crippen molar-refractivity contribution in [1.82, 2.24) is 10.2 Å². The van der Waals surface area contributed by atoms with Crippen LogP contribution in [0.25, 0.3) is 0 Å². The van der Waals surface area contributed by atoms with Gasteiger partial charge in [0.2, 0.25) is 5.91 Å². The van der Waals surface area contributed by atoms with E-state index in [9.17, 15) is 18.0 Å². The Bertz CT molecular complexity index is 675. The van der Waals surface area contributed by atoms with E-state index in [1.807, 2.05) is 12.1 Å². The number of nitrogens with one attached hydrogen (secondary N) is 1. The second kappa shape index (κ2) is 9.27. The van der Waals surface area contributed by atoms with Crippen molar-refractivity contribution in [3.05, 3.63) is 29.8 Å². The molecule has 0 saturated carbocycles. The molecule has 2 fully saturated rings. The summed E-state index contributed by atoms with van der Waals surface area (Å²) in [5.74, 6) is -1.63. The highest BCUT2D eigenvalue weighted by Gasteiger charge is 2.39. The first kappa shape index (κ1) is 22.0. The van der Waals surface area contributed by atoms with E-state index in [0.29, 0.717) is 6.42 Å². The van der Waals surface area contributed by atoms with Crippen molar-refractivity contribution in [1.29, 1.82) is 0 Å². The summed E-state index contributed by atoms with van der Waals surface area (Å²) in [5.41, 5.74) is 1.33. The minimum atomic E-state index is -5.08. The summed E-state index contributed by atoms with van der Waals surface area (Å²) in [7, 11) is 1.69. The third kappa shape index (κ3) is 6.40. The molecular weight excluding hydrogens is 377 g/mol. The standard InChI is InChI=1S/C17H24N2O2.C2HF3O2/c1-21-15-7-5-14(6-8-15)12-19-11-3-10-17(13-19)9-2-4-16(20)18-17;3-2(4,5)1(6)7/h5-8H,2-4,9-13H2,1H3,(H,18,20);(H,6,7). The molecule has 1 unspecified atom stereocenters. The van der Waals surface area contributed by atoms with E-state index in [-0.39, 0.29) is 11.4 Å². The van der Waals surface area contributed by atoms with E-state index in [2.05, 4.69) is 22.3 Å². The Labute approximate surface area is 161 Å². The van der Waals surface area contributed by atoms with Gasteiger partial charge in [0.15, 0.2) is 0 Å². The van der Waals surface area contributed by atoms with Gasteiger partial charge in [-0.15, -0.1) is 0 Å². The molecule has 2 saturated heterocycles. The first-order valence-electron chi connectivity index (χ1n) is 9.10. The zero-order chi connectivity index (χ0) is 20.8. The number of piperidine rings is 2. The Morgan fingerprint density at radius 1 is 1.25 bits per heavy atom. The molecule has 1 amide bonds. The Morgan fingerprint density at radius 3 is 2.39 bits per heavy atom. The number of carboxylic acid groups (broad SMARTS) is 1. The van der Waals surface area contributed by atoms with E-state index in [1.165, 1.54) is 5.56 Å². The molecule has 0 aromatic heterocycles. The van der Waals surface area contributed by atoms with Crippen LogP contribution in [0.5, 0.6) is 5.75 Å². The summed E-state index contributed by atoms with van der Waals surface area (Å²) in [4.78, 5) is 23.1. The van der Waals surface area contributed by atoms with E-state index < -0.39 is 12.1 Å². The highest BCUT2D eigenvalue weighted by Crippen LogP contribution is 2.30. The number of likely N-dealkylation sites (tertiary alicyclic amines) is 1. The minimum Gasteiger partial charge on any atom is -0.497 e. The highest BCUT2D eigenvalue weighted by molar-refractivity contribution is 5.77. The van der Waals surface area contributed by atoms with Crippen molar-refractivity contribution in [2.45, 2.75) is 50.4 Å². The van der Waals surface area contributed by atoms with Crippen LogP contribution >= 0.6 is 0 Å². The second-order valence-electron chi connectivity index (χ2n) is 7.15. The molecule has 0 aliphatic carbocycles. The number of benzene rings is 1. The fourth-order valence-corrected chi connectivity index (χ4v) is 3.67. The molecule has 2 heterocycles. The number of methoxy groups -OCH3 is 1. The largest absolute Gasteiger partial charge is 0.497 e. The Hall–Kier alpha value is -2.29. The van der Waals surface area contributed by atoms with E-state index in [0.717, 1.165) is 51.1 Å². The quantitative estimate of drug-likeness (QED) is 0.813. The van der Waals surface area contributed by atoms with Crippen LogP contribution in [0.4, 0.5) is 13.2 Å². The van der Waals surface area contributed by atoms with Gasteiger partial charge >= 0.3 is 12.1 Å². The van der Waals surface area contributed by atoms with E-state index in [1.54, 1.807) is 7.11 Å². The van der Waals surface area contributed by atoms with Gasteiger partial charge in [0.25, 0.3) is 0 Å². The summed E-state index contributed by atoms with van der Waals surface area (Å²) in [6, 6.07) is 8.27. The minimum absolute atomic E-state index is 0.0278. The zero-order valence-electron chi connectivity index (χ0n) is 15.7. The topological polar surface area (TPSA) is 78.9 Å². The molecule has 0 bridgehead atoms. The van der Waals surface area contributed by atoms with Crippen molar-refractivity contribution < 1.29 is 32.6 Å². The molecule has 1 atom stereocenters. The maximum absolute atomic E-state index is 11.7. The van der Waals surface area contributed by atoms with Gasteiger partial charge in [0.05, 0.1) is 12.6 Å². The van der Waals surface area contributed by atoms with Crippen LogP contribution in [-0.4, -0.2) is 53.8 Å². The number of carbonyl (C=O) groups excluding carboxylic acids is 1. The number of rotatable bonds is 3. The molecule has 1 aromatic carbocycles. The van der Waals surface area contributed by atoms with Gasteiger partial charge in [-0.25, -0.2) is 4.79 Å². The molecule has 156 valence electrons. The number of hydrogen-bond acceptors (Lipinski definition) is 4. The molecule has 1 aromatic rings. The number of amides is 1. The van der Waals surface area contributed by atoms with Crippen LogP contribution in [0.2, 0.25) is 0 Å². The number of halogens is 3. The van der Waals surface area contributed by atoms with Gasteiger partial charge < -0.3 is 15.2 Å². The molecule has 9 heteroatoms. The third-order valence-corrected chi connectivity index (χ3v) is 4.93. The van der Waals surface area contributed by atoms with Gasteiger partial charge in [-0.05, 0) is 49.9 Å². The van der Waals surface area contributed by atoms with Gasteiger partial charge in [0, 0.05) is 19.5 Å². The normalized spacial score (nSPS) is 22.8. The van der Waals surface area contributed by atoms with Crippen molar-refractivity contribution in [3.63, 3.8) is 0 Å². The smallest absolute Gasteiger partial charge is 0.490 e. The molecule has 2 aliphatic heterocycles. The average molecular weight is 402 g/mol. The fourth-order valence-electron chi connectivity index (χ4n) is 3.67. The third-order valence-electron chi connectivity index (χ3n) is 4.93. The molecule has 2 aliphatic rings. The predicted octanol–water partition coefficient (Wildman–Crippen LogP) is 2.96. The first-order chi connectivity index (χ1) is 13.1. The van der Waals surface area contributed by atoms with Crippen molar-refractivity contribution in [3.8, 4) is 5.75 Å². The predicted molar refractivity (Wildman–Crippen MR) is 95.9 cm³/mol. The summed E-state index contributed by atoms with van der Waals surface area (Å²) < 4.78 is 36.9.